The molecule has 5 nitrogen and oxygen atoms in total. The van der Waals surface area contributed by atoms with Crippen molar-refractivity contribution in [2.75, 3.05) is 13.7 Å². The van der Waals surface area contributed by atoms with Crippen LogP contribution < -0.4 is 10.1 Å². The minimum absolute atomic E-state index is 0.121. The largest absolute Gasteiger partial charge is 0.496 e. The number of unbranched alkanes of at least 4 members (excludes halogenated alkanes) is 3. The Balaban J connectivity index is 2.25. The van der Waals surface area contributed by atoms with Crippen molar-refractivity contribution in [3.05, 3.63) is 28.2 Å². The fourth-order valence-electron chi connectivity index (χ4n) is 1.87. The summed E-state index contributed by atoms with van der Waals surface area (Å²) in [6, 6.07) is 5.18. The second-order valence-electron chi connectivity index (χ2n) is 4.66. The molecule has 0 unspecified atom stereocenters. The normalized spacial score (nSPS) is 10.2. The van der Waals surface area contributed by atoms with Crippen LogP contribution in [0.2, 0.25) is 0 Å². The molecule has 0 saturated carbocycles. The smallest absolute Gasteiger partial charge is 0.303 e. The van der Waals surface area contributed by atoms with Crippen LogP contribution in [0.5, 0.6) is 5.75 Å². The fraction of sp³-hybridized carbons (Fsp3) is 0.467. The molecule has 0 heterocycles. The van der Waals surface area contributed by atoms with Crippen molar-refractivity contribution < 1.29 is 19.4 Å². The summed E-state index contributed by atoms with van der Waals surface area (Å²) in [5.74, 6) is -0.192. The van der Waals surface area contributed by atoms with Gasteiger partial charge in [-0.05, 0) is 47.0 Å². The lowest BCUT2D eigenvalue weighted by Crippen LogP contribution is -2.24. The van der Waals surface area contributed by atoms with Crippen molar-refractivity contribution in [2.24, 2.45) is 0 Å². The van der Waals surface area contributed by atoms with Gasteiger partial charge in [0.1, 0.15) is 5.75 Å². The third-order valence-electron chi connectivity index (χ3n) is 3.02. The Labute approximate surface area is 132 Å². The number of ether oxygens (including phenoxy) is 1. The highest BCUT2D eigenvalue weighted by atomic mass is 79.9. The molecule has 0 spiro atoms. The topological polar surface area (TPSA) is 75.6 Å². The highest BCUT2D eigenvalue weighted by Crippen LogP contribution is 2.25. The molecule has 0 aliphatic rings. The summed E-state index contributed by atoms with van der Waals surface area (Å²) >= 11 is 3.34. The number of amides is 1. The maximum atomic E-state index is 11.9. The van der Waals surface area contributed by atoms with E-state index in [-0.39, 0.29) is 12.3 Å². The summed E-state index contributed by atoms with van der Waals surface area (Å²) in [7, 11) is 1.57. The standard InChI is InChI=1S/C15H20BrNO4/c1-21-13-8-7-11(10-12(13)16)15(20)17-9-5-3-2-4-6-14(18)19/h7-8,10H,2-6,9H2,1H3,(H,17,20)(H,18,19). The molecule has 1 rings (SSSR count). The van der Waals surface area contributed by atoms with Crippen LogP contribution in [0.25, 0.3) is 0 Å². The highest BCUT2D eigenvalue weighted by Gasteiger charge is 2.08. The summed E-state index contributed by atoms with van der Waals surface area (Å²) in [5, 5.41) is 11.4. The van der Waals surface area contributed by atoms with Crippen LogP contribution in [0, 0.1) is 0 Å². The summed E-state index contributed by atoms with van der Waals surface area (Å²) in [6.07, 6.45) is 3.54. The molecule has 0 bridgehead atoms. The van der Waals surface area contributed by atoms with E-state index in [1.807, 2.05) is 0 Å². The number of hydrogen-bond donors (Lipinski definition) is 2. The summed E-state index contributed by atoms with van der Waals surface area (Å²) in [6.45, 7) is 0.593. The van der Waals surface area contributed by atoms with Crippen molar-refractivity contribution in [3.8, 4) is 5.75 Å². The first-order valence-electron chi connectivity index (χ1n) is 6.88. The molecule has 0 aromatic heterocycles. The van der Waals surface area contributed by atoms with Gasteiger partial charge in [-0.2, -0.15) is 0 Å². The van der Waals surface area contributed by atoms with E-state index in [0.717, 1.165) is 23.7 Å². The maximum absolute atomic E-state index is 11.9. The summed E-state index contributed by atoms with van der Waals surface area (Å²) in [5.41, 5.74) is 0.577. The second kappa shape index (κ2) is 9.39. The maximum Gasteiger partial charge on any atom is 0.303 e. The first kappa shape index (κ1) is 17.5. The van der Waals surface area contributed by atoms with Crippen LogP contribution in [-0.2, 0) is 4.79 Å². The summed E-state index contributed by atoms with van der Waals surface area (Å²) < 4.78 is 5.85. The predicted molar refractivity (Wildman–Crippen MR) is 83.7 cm³/mol. The number of carboxylic acid groups (broad SMARTS) is 1. The van der Waals surface area contributed by atoms with Gasteiger partial charge in [-0.25, -0.2) is 0 Å². The third-order valence-corrected chi connectivity index (χ3v) is 3.64. The van der Waals surface area contributed by atoms with Crippen molar-refractivity contribution in [1.82, 2.24) is 5.32 Å². The molecule has 2 N–H and O–H groups in total. The van der Waals surface area contributed by atoms with Crippen LogP contribution in [0.3, 0.4) is 0 Å². The number of aliphatic carboxylic acids is 1. The molecular weight excluding hydrogens is 338 g/mol. The van der Waals surface area contributed by atoms with Gasteiger partial charge in [0.15, 0.2) is 0 Å². The van der Waals surface area contributed by atoms with Gasteiger partial charge in [-0.15, -0.1) is 0 Å². The SMILES string of the molecule is COc1ccc(C(=O)NCCCCCCC(=O)O)cc1Br. The van der Waals surface area contributed by atoms with Crippen molar-refractivity contribution in [2.45, 2.75) is 32.1 Å². The Kier molecular flexibility index (Phi) is 7.82. The fourth-order valence-corrected chi connectivity index (χ4v) is 2.41. The molecule has 1 aromatic rings. The lowest BCUT2D eigenvalue weighted by atomic mass is 10.1. The Morgan fingerprint density at radius 2 is 1.95 bits per heavy atom. The van der Waals surface area contributed by atoms with E-state index < -0.39 is 5.97 Å². The Bertz CT molecular complexity index is 491. The highest BCUT2D eigenvalue weighted by molar-refractivity contribution is 9.10. The monoisotopic (exact) mass is 357 g/mol. The molecular formula is C15H20BrNO4. The average Bonchev–Trinajstić information content (AvgIpc) is 2.45. The molecule has 1 amide bonds. The quantitative estimate of drug-likeness (QED) is 0.665. The number of methoxy groups -OCH3 is 1. The van der Waals surface area contributed by atoms with Gasteiger partial charge in [-0.3, -0.25) is 9.59 Å². The van der Waals surface area contributed by atoms with Gasteiger partial charge in [0.2, 0.25) is 0 Å². The van der Waals surface area contributed by atoms with Crippen LogP contribution in [-0.4, -0.2) is 30.6 Å². The van der Waals surface area contributed by atoms with Gasteiger partial charge < -0.3 is 15.2 Å². The number of halogens is 1. The van der Waals surface area contributed by atoms with E-state index in [1.54, 1.807) is 25.3 Å². The number of rotatable bonds is 9. The van der Waals surface area contributed by atoms with Crippen LogP contribution in [0.1, 0.15) is 42.5 Å². The first-order chi connectivity index (χ1) is 10.0. The van der Waals surface area contributed by atoms with E-state index in [1.165, 1.54) is 0 Å². The van der Waals surface area contributed by atoms with E-state index >= 15 is 0 Å². The zero-order valence-electron chi connectivity index (χ0n) is 12.0. The number of nitrogens with one attached hydrogen (secondary N) is 1. The van der Waals surface area contributed by atoms with Gasteiger partial charge in [0.05, 0.1) is 11.6 Å². The van der Waals surface area contributed by atoms with Gasteiger partial charge in [0, 0.05) is 18.5 Å². The van der Waals surface area contributed by atoms with Crippen molar-refractivity contribution in [3.63, 3.8) is 0 Å². The van der Waals surface area contributed by atoms with Gasteiger partial charge >= 0.3 is 5.97 Å². The second-order valence-corrected chi connectivity index (χ2v) is 5.52. The molecule has 0 radical (unpaired) electrons. The number of benzene rings is 1. The number of carbonyl (C=O) groups excluding carboxylic acids is 1. The molecule has 116 valence electrons. The molecule has 0 fully saturated rings. The zero-order chi connectivity index (χ0) is 15.7. The average molecular weight is 358 g/mol. The first-order valence-corrected chi connectivity index (χ1v) is 7.67. The molecule has 1 aromatic carbocycles. The van der Waals surface area contributed by atoms with Crippen LogP contribution >= 0.6 is 15.9 Å². The van der Waals surface area contributed by atoms with Crippen LogP contribution in [0.15, 0.2) is 22.7 Å². The van der Waals surface area contributed by atoms with Crippen molar-refractivity contribution in [1.29, 1.82) is 0 Å². The van der Waals surface area contributed by atoms with Gasteiger partial charge in [-0.1, -0.05) is 12.8 Å². The summed E-state index contributed by atoms with van der Waals surface area (Å²) in [4.78, 5) is 22.3. The van der Waals surface area contributed by atoms with Crippen molar-refractivity contribution >= 4 is 27.8 Å². The molecule has 0 aliphatic carbocycles. The molecule has 0 saturated heterocycles. The Morgan fingerprint density at radius 3 is 2.57 bits per heavy atom. The van der Waals surface area contributed by atoms with E-state index in [9.17, 15) is 9.59 Å². The number of hydrogen-bond acceptors (Lipinski definition) is 3. The Morgan fingerprint density at radius 1 is 1.24 bits per heavy atom. The minimum atomic E-state index is -0.756. The zero-order valence-corrected chi connectivity index (χ0v) is 13.6. The van der Waals surface area contributed by atoms with Gasteiger partial charge in [0.25, 0.3) is 5.91 Å². The molecule has 6 heteroatoms. The third kappa shape index (κ3) is 6.62. The molecule has 0 atom stereocenters. The lowest BCUT2D eigenvalue weighted by Gasteiger charge is -2.07. The Hall–Kier alpha value is -1.56. The minimum Gasteiger partial charge on any atom is -0.496 e. The molecule has 21 heavy (non-hydrogen) atoms. The predicted octanol–water partition coefficient (Wildman–Crippen LogP) is 3.22. The lowest BCUT2D eigenvalue weighted by molar-refractivity contribution is -0.137. The van der Waals surface area contributed by atoms with E-state index in [0.29, 0.717) is 24.3 Å². The molecule has 0 aliphatic heterocycles. The van der Waals surface area contributed by atoms with Crippen LogP contribution in [0.4, 0.5) is 0 Å². The number of carboxylic acids is 1. The number of carbonyl (C=O) groups is 2. The van der Waals surface area contributed by atoms with E-state index in [4.69, 9.17) is 9.84 Å². The van der Waals surface area contributed by atoms with E-state index in [2.05, 4.69) is 21.2 Å².